The molecule has 6 saturated carbocycles. The van der Waals surface area contributed by atoms with Crippen molar-refractivity contribution < 1.29 is 33.1 Å². The molecule has 8 unspecified atom stereocenters. The Kier molecular flexibility index (Phi) is 10.5. The molecular formula is C55H70BrO7P. The summed E-state index contributed by atoms with van der Waals surface area (Å²) < 4.78 is 38.8. The van der Waals surface area contributed by atoms with E-state index >= 15 is 0 Å². The van der Waals surface area contributed by atoms with E-state index in [1.807, 2.05) is 12.1 Å². The van der Waals surface area contributed by atoms with Gasteiger partial charge >= 0.3 is 7.82 Å². The van der Waals surface area contributed by atoms with Crippen LogP contribution in [0, 0.1) is 51.8 Å². The summed E-state index contributed by atoms with van der Waals surface area (Å²) in [5.74, 6) is 7.59. The van der Waals surface area contributed by atoms with E-state index in [4.69, 9.17) is 18.5 Å². The van der Waals surface area contributed by atoms with Crippen LogP contribution in [0.5, 0.6) is 17.2 Å². The standard InChI is InChI=1S/C55H70BrO7P/c1-53-24-21-40-39-16-10-36(29-33(39)6-11-43(40)46(53)17-19-50(53)57)62-64(58,59)63-51-20-18-47-44-12-5-32-28-35(9-15-38(32)41(44)22-25-54(47,51)2)61-52-49(56)30-48-45-13-7-31-27-34(60-4)8-14-37(31)42(45)23-26-55(48,52)3/h8-10,14-16,27-29,40-52,57H,5-7,11-13,17-26,30H2,1-4H3,(H,58,59)/t40?,41?,42-,43?,44?,45-,46?,47?,48+,49?,50+,51+,52+,53+,54+,55+/m1/s1. The molecule has 17 atom stereocenters. The van der Waals surface area contributed by atoms with Crippen molar-refractivity contribution in [3.63, 3.8) is 0 Å². The van der Waals surface area contributed by atoms with E-state index in [0.717, 1.165) is 95.0 Å². The number of fused-ring (bicyclic) bond motifs is 15. The number of aliphatic hydroxyl groups is 1. The third kappa shape index (κ3) is 6.65. The minimum Gasteiger partial charge on any atom is -0.497 e. The number of aryl methyl sites for hydroxylation is 3. The number of phosphoric acid groups is 1. The van der Waals surface area contributed by atoms with Gasteiger partial charge in [0.05, 0.1) is 24.1 Å². The van der Waals surface area contributed by atoms with Crippen LogP contribution in [0.3, 0.4) is 0 Å². The average Bonchev–Trinajstić information content (AvgIpc) is 3.88. The normalized spacial score (nSPS) is 43.4. The predicted octanol–water partition coefficient (Wildman–Crippen LogP) is 13.0. The van der Waals surface area contributed by atoms with Gasteiger partial charge in [0, 0.05) is 5.41 Å². The summed E-state index contributed by atoms with van der Waals surface area (Å²) in [4.78, 5) is 11.7. The largest absolute Gasteiger partial charge is 0.527 e. The number of benzene rings is 3. The molecule has 0 radical (unpaired) electrons. The number of alkyl halides is 1. The first-order chi connectivity index (χ1) is 30.8. The second-order valence-electron chi connectivity index (χ2n) is 23.3. The van der Waals surface area contributed by atoms with Gasteiger partial charge in [-0.05, 0) is 243 Å². The topological polar surface area (TPSA) is 94.5 Å². The Hall–Kier alpha value is -2.35. The molecule has 9 aliphatic carbocycles. The first-order valence-electron chi connectivity index (χ1n) is 25.4. The summed E-state index contributed by atoms with van der Waals surface area (Å²) in [6.45, 7) is 7.17. The zero-order chi connectivity index (χ0) is 43.9. The highest BCUT2D eigenvalue weighted by molar-refractivity contribution is 9.09. The van der Waals surface area contributed by atoms with E-state index in [-0.39, 0.29) is 34.6 Å². The summed E-state index contributed by atoms with van der Waals surface area (Å²) in [5, 5.41) is 10.8. The molecule has 3 aromatic carbocycles. The monoisotopic (exact) mass is 952 g/mol. The quantitative estimate of drug-likeness (QED) is 0.180. The minimum absolute atomic E-state index is 0.0504. The smallest absolute Gasteiger partial charge is 0.497 e. The molecule has 64 heavy (non-hydrogen) atoms. The lowest BCUT2D eigenvalue weighted by molar-refractivity contribution is -0.0226. The fraction of sp³-hybridized carbons (Fsp3) is 0.673. The van der Waals surface area contributed by atoms with Gasteiger partial charge in [-0.25, -0.2) is 4.57 Å². The molecule has 0 spiro atoms. The maximum Gasteiger partial charge on any atom is 0.527 e. The molecule has 344 valence electrons. The van der Waals surface area contributed by atoms with Gasteiger partial charge < -0.3 is 19.1 Å². The van der Waals surface area contributed by atoms with Crippen LogP contribution in [0.1, 0.15) is 162 Å². The van der Waals surface area contributed by atoms with Gasteiger partial charge in [-0.2, -0.15) is 0 Å². The van der Waals surface area contributed by atoms with Crippen molar-refractivity contribution in [1.29, 1.82) is 0 Å². The number of hydrogen-bond acceptors (Lipinski definition) is 6. The Labute approximate surface area is 389 Å². The van der Waals surface area contributed by atoms with Gasteiger partial charge in [0.2, 0.25) is 0 Å². The van der Waals surface area contributed by atoms with Crippen LogP contribution in [0.4, 0.5) is 0 Å². The van der Waals surface area contributed by atoms with Crippen LogP contribution < -0.4 is 14.0 Å². The Morgan fingerprint density at radius 1 is 0.609 bits per heavy atom. The lowest BCUT2D eigenvalue weighted by Crippen LogP contribution is -2.46. The molecule has 9 heteroatoms. The molecule has 0 aliphatic heterocycles. The van der Waals surface area contributed by atoms with Crippen molar-refractivity contribution in [3.05, 3.63) is 88.0 Å². The van der Waals surface area contributed by atoms with Crippen LogP contribution in [-0.2, 0) is 28.4 Å². The van der Waals surface area contributed by atoms with E-state index in [0.29, 0.717) is 63.8 Å². The molecule has 3 aromatic rings. The van der Waals surface area contributed by atoms with E-state index in [1.165, 1.54) is 53.5 Å². The summed E-state index contributed by atoms with van der Waals surface area (Å²) >= 11 is 4.18. The van der Waals surface area contributed by atoms with Crippen LogP contribution >= 0.6 is 23.8 Å². The zero-order valence-electron chi connectivity index (χ0n) is 38.5. The Balaban J connectivity index is 0.695. The Bertz CT molecular complexity index is 2370. The van der Waals surface area contributed by atoms with E-state index in [2.05, 4.69) is 79.2 Å². The molecule has 6 fully saturated rings. The molecule has 9 aliphatic rings. The number of phosphoric ester groups is 1. The number of rotatable bonds is 7. The number of aliphatic hydroxyl groups excluding tert-OH is 1. The van der Waals surface area contributed by atoms with Gasteiger partial charge in [-0.1, -0.05) is 54.9 Å². The Morgan fingerprint density at radius 2 is 1.11 bits per heavy atom. The van der Waals surface area contributed by atoms with Gasteiger partial charge in [0.25, 0.3) is 0 Å². The molecule has 12 rings (SSSR count). The lowest BCUT2D eigenvalue weighted by atomic mass is 9.55. The second kappa shape index (κ2) is 15.6. The van der Waals surface area contributed by atoms with Crippen molar-refractivity contribution in [2.24, 2.45) is 51.8 Å². The SMILES string of the molecule is COc1ccc2c(c1)CC[C@@H]1[C@@H]2CC[C@]2(C)[C@@H](Oc3ccc4c(c3)CCC3C4CC[C@@]4(C)C3CC[C@@H]4OP(=O)(O)Oc3ccc4c(c3)CCC3C4CC[C@@]4(C)C3CC[C@@H]4O)C(Br)C[C@@H]12. The summed E-state index contributed by atoms with van der Waals surface area (Å²) in [6.07, 6.45) is 18.0. The first kappa shape index (κ1) is 43.0. The molecule has 2 N–H and O–H groups in total. The molecule has 0 amide bonds. The van der Waals surface area contributed by atoms with E-state index in [9.17, 15) is 14.6 Å². The van der Waals surface area contributed by atoms with Crippen molar-refractivity contribution in [2.45, 2.75) is 171 Å². The molecule has 0 heterocycles. The van der Waals surface area contributed by atoms with Crippen molar-refractivity contribution in [3.8, 4) is 17.2 Å². The lowest BCUT2D eigenvalue weighted by Gasteiger charge is -2.51. The van der Waals surface area contributed by atoms with Crippen LogP contribution in [-0.4, -0.2) is 40.2 Å². The second-order valence-corrected chi connectivity index (χ2v) is 25.8. The highest BCUT2D eigenvalue weighted by Crippen LogP contribution is 2.66. The van der Waals surface area contributed by atoms with Crippen molar-refractivity contribution in [1.82, 2.24) is 0 Å². The maximum absolute atomic E-state index is 13.9. The number of methoxy groups -OCH3 is 1. The first-order valence-corrected chi connectivity index (χ1v) is 27.8. The molecule has 0 saturated heterocycles. The van der Waals surface area contributed by atoms with E-state index < -0.39 is 7.82 Å². The summed E-state index contributed by atoms with van der Waals surface area (Å²) in [7, 11) is -2.59. The van der Waals surface area contributed by atoms with Crippen molar-refractivity contribution in [2.75, 3.05) is 7.11 Å². The number of halogens is 1. The fourth-order valence-corrected chi connectivity index (χ4v) is 19.8. The van der Waals surface area contributed by atoms with Crippen molar-refractivity contribution >= 4 is 23.8 Å². The third-order valence-electron chi connectivity index (χ3n) is 20.8. The van der Waals surface area contributed by atoms with Gasteiger partial charge in [-0.15, -0.1) is 0 Å². The third-order valence-corrected chi connectivity index (χ3v) is 22.6. The molecular weight excluding hydrogens is 883 g/mol. The van der Waals surface area contributed by atoms with Gasteiger partial charge in [-0.3, -0.25) is 9.42 Å². The van der Waals surface area contributed by atoms with Crippen LogP contribution in [0.2, 0.25) is 0 Å². The number of hydrogen-bond donors (Lipinski definition) is 2. The number of ether oxygens (including phenoxy) is 2. The molecule has 0 aromatic heterocycles. The summed E-state index contributed by atoms with van der Waals surface area (Å²) in [6, 6.07) is 19.9. The average molecular weight is 954 g/mol. The minimum atomic E-state index is -4.36. The maximum atomic E-state index is 13.9. The predicted molar refractivity (Wildman–Crippen MR) is 254 cm³/mol. The fourth-order valence-electron chi connectivity index (χ4n) is 17.6. The van der Waals surface area contributed by atoms with Crippen LogP contribution in [0.15, 0.2) is 54.6 Å². The van der Waals surface area contributed by atoms with Crippen LogP contribution in [0.25, 0.3) is 0 Å². The van der Waals surface area contributed by atoms with Gasteiger partial charge in [0.1, 0.15) is 23.4 Å². The highest BCUT2D eigenvalue weighted by Gasteiger charge is 2.60. The van der Waals surface area contributed by atoms with E-state index in [1.54, 1.807) is 12.7 Å². The summed E-state index contributed by atoms with van der Waals surface area (Å²) in [5.41, 5.74) is 8.65. The Morgan fingerprint density at radius 3 is 1.73 bits per heavy atom. The molecule has 0 bridgehead atoms. The molecule has 7 nitrogen and oxygen atoms in total. The highest BCUT2D eigenvalue weighted by atomic mass is 79.9. The van der Waals surface area contributed by atoms with Gasteiger partial charge in [0.15, 0.2) is 0 Å². The zero-order valence-corrected chi connectivity index (χ0v) is 41.0.